The Bertz CT molecular complexity index is 976. The summed E-state index contributed by atoms with van der Waals surface area (Å²) in [5, 5.41) is 1.05. The summed E-state index contributed by atoms with van der Waals surface area (Å²) in [5.74, 6) is 2.27. The van der Waals surface area contributed by atoms with Gasteiger partial charge >= 0.3 is 0 Å². The van der Waals surface area contributed by atoms with Crippen LogP contribution in [0.5, 0.6) is 5.75 Å². The van der Waals surface area contributed by atoms with Crippen molar-refractivity contribution in [1.82, 2.24) is 9.47 Å². The summed E-state index contributed by atoms with van der Waals surface area (Å²) in [5.41, 5.74) is 1.96. The van der Waals surface area contributed by atoms with Crippen molar-refractivity contribution in [3.05, 3.63) is 30.0 Å². The second kappa shape index (κ2) is 8.49. The number of carbonyl (C=O) groups excluding carboxylic acids is 1. The third-order valence-corrected chi connectivity index (χ3v) is 8.22. The maximum absolute atomic E-state index is 12.9. The molecule has 1 aromatic carbocycles. The van der Waals surface area contributed by atoms with Crippen LogP contribution < -0.4 is 4.74 Å². The molecule has 0 spiro atoms. The number of para-hydroxylation sites is 1. The summed E-state index contributed by atoms with van der Waals surface area (Å²) in [4.78, 5) is 15.7. The maximum Gasteiger partial charge on any atom is 0.168 e. The highest BCUT2D eigenvalue weighted by atomic mass is 16.5. The van der Waals surface area contributed by atoms with Crippen LogP contribution in [-0.4, -0.2) is 53.7 Å². The largest absolute Gasteiger partial charge is 0.495 e. The first-order valence-electron chi connectivity index (χ1n) is 12.8. The van der Waals surface area contributed by atoms with Gasteiger partial charge in [-0.2, -0.15) is 0 Å². The molecule has 3 atom stereocenters. The molecule has 2 aromatic rings. The minimum Gasteiger partial charge on any atom is -0.495 e. The van der Waals surface area contributed by atoms with Crippen molar-refractivity contribution >= 4 is 16.7 Å². The summed E-state index contributed by atoms with van der Waals surface area (Å²) in [7, 11) is 1.72. The first-order chi connectivity index (χ1) is 15.7. The molecule has 1 aromatic heterocycles. The number of Topliss-reactive ketones (excluding diaryl/α,β-unsaturated/α-hetero) is 1. The maximum atomic E-state index is 12.9. The highest BCUT2D eigenvalue weighted by molar-refractivity contribution is 6.11. The van der Waals surface area contributed by atoms with Crippen molar-refractivity contribution in [3.8, 4) is 5.75 Å². The smallest absolute Gasteiger partial charge is 0.168 e. The van der Waals surface area contributed by atoms with Crippen molar-refractivity contribution in [1.29, 1.82) is 0 Å². The van der Waals surface area contributed by atoms with Gasteiger partial charge in [0.1, 0.15) is 5.75 Å². The number of aryl methyl sites for hydroxylation is 1. The monoisotopic (exact) mass is 436 g/mol. The van der Waals surface area contributed by atoms with Gasteiger partial charge in [0, 0.05) is 54.8 Å². The van der Waals surface area contributed by atoms with Crippen LogP contribution >= 0.6 is 0 Å². The quantitative estimate of drug-likeness (QED) is 0.489. The Hall–Kier alpha value is -1.85. The molecule has 2 aliphatic carbocycles. The number of fused-ring (bicyclic) bond motifs is 3. The van der Waals surface area contributed by atoms with E-state index in [1.54, 1.807) is 7.11 Å². The van der Waals surface area contributed by atoms with Gasteiger partial charge in [-0.3, -0.25) is 9.69 Å². The van der Waals surface area contributed by atoms with Crippen LogP contribution in [-0.2, 0) is 11.3 Å². The van der Waals surface area contributed by atoms with E-state index < -0.39 is 0 Å². The third-order valence-electron chi connectivity index (χ3n) is 8.22. The van der Waals surface area contributed by atoms with Crippen molar-refractivity contribution in [2.75, 3.05) is 20.3 Å². The van der Waals surface area contributed by atoms with Gasteiger partial charge in [-0.25, -0.2) is 0 Å². The Morgan fingerprint density at radius 1 is 1.03 bits per heavy atom. The number of ketones is 1. The van der Waals surface area contributed by atoms with Crippen LogP contribution in [0.15, 0.2) is 24.4 Å². The lowest BCUT2D eigenvalue weighted by molar-refractivity contribution is -0.0241. The molecule has 0 amide bonds. The molecule has 32 heavy (non-hydrogen) atoms. The number of rotatable bonds is 10. The van der Waals surface area contributed by atoms with Gasteiger partial charge in [-0.1, -0.05) is 12.1 Å². The average molecular weight is 437 g/mol. The molecule has 3 heterocycles. The Balaban J connectivity index is 1.13. The molecule has 1 unspecified atom stereocenters. The van der Waals surface area contributed by atoms with Gasteiger partial charge < -0.3 is 14.0 Å². The second-order valence-corrected chi connectivity index (χ2v) is 10.6. The van der Waals surface area contributed by atoms with E-state index in [1.807, 2.05) is 12.1 Å². The predicted molar refractivity (Wildman–Crippen MR) is 125 cm³/mol. The number of methoxy groups -OCH3 is 1. The van der Waals surface area contributed by atoms with E-state index in [1.165, 1.54) is 38.5 Å². The fourth-order valence-electron chi connectivity index (χ4n) is 6.13. The zero-order valence-corrected chi connectivity index (χ0v) is 19.3. The first kappa shape index (κ1) is 20.7. The number of ether oxygens (including phenoxy) is 2. The van der Waals surface area contributed by atoms with E-state index in [9.17, 15) is 4.79 Å². The standard InChI is InChI=1S/C27H36N2O3/c1-31-25-5-2-4-23-24(27(30)19-8-9-19)16-28(26(23)25)12-3-13-29-20-10-11-21(29)15-22(14-20)32-17-18-6-7-18/h2,4-5,16,18-22H,3,6-15,17H2,1H3/t20-,21+,22?. The average Bonchev–Trinajstić information content (AvgIpc) is 3.73. The molecular formula is C27H36N2O3. The lowest BCUT2D eigenvalue weighted by Crippen LogP contribution is -2.46. The predicted octanol–water partition coefficient (Wildman–Crippen LogP) is 5.05. The van der Waals surface area contributed by atoms with E-state index in [0.29, 0.717) is 24.0 Å². The van der Waals surface area contributed by atoms with E-state index >= 15 is 0 Å². The topological polar surface area (TPSA) is 43.7 Å². The molecular weight excluding hydrogens is 400 g/mol. The summed E-state index contributed by atoms with van der Waals surface area (Å²) >= 11 is 0. The van der Waals surface area contributed by atoms with Gasteiger partial charge in [-0.05, 0) is 69.8 Å². The lowest BCUT2D eigenvalue weighted by Gasteiger charge is -2.39. The van der Waals surface area contributed by atoms with Gasteiger partial charge in [0.15, 0.2) is 5.78 Å². The number of carbonyl (C=O) groups is 1. The molecule has 4 aliphatic rings. The Labute approximate surface area is 191 Å². The molecule has 2 aliphatic heterocycles. The van der Waals surface area contributed by atoms with Gasteiger partial charge in [0.25, 0.3) is 0 Å². The second-order valence-electron chi connectivity index (χ2n) is 10.6. The van der Waals surface area contributed by atoms with Crippen LogP contribution in [0.2, 0.25) is 0 Å². The number of aromatic nitrogens is 1. The minimum absolute atomic E-state index is 0.235. The Morgan fingerprint density at radius 3 is 2.50 bits per heavy atom. The van der Waals surface area contributed by atoms with Crippen molar-refractivity contribution in [2.24, 2.45) is 11.8 Å². The molecule has 0 radical (unpaired) electrons. The molecule has 0 N–H and O–H groups in total. The van der Waals surface area contributed by atoms with Gasteiger partial charge in [-0.15, -0.1) is 0 Å². The number of nitrogens with zero attached hydrogens (tertiary/aromatic N) is 2. The summed E-state index contributed by atoms with van der Waals surface area (Å²) in [6.07, 6.45) is 13.6. The zero-order valence-electron chi connectivity index (χ0n) is 19.3. The van der Waals surface area contributed by atoms with Crippen molar-refractivity contribution in [2.45, 2.75) is 82.5 Å². The van der Waals surface area contributed by atoms with Crippen LogP contribution in [0.4, 0.5) is 0 Å². The van der Waals surface area contributed by atoms with Gasteiger partial charge in [0.05, 0.1) is 18.7 Å². The minimum atomic E-state index is 0.235. The molecule has 172 valence electrons. The third kappa shape index (κ3) is 3.99. The van der Waals surface area contributed by atoms with Crippen LogP contribution in [0, 0.1) is 11.8 Å². The molecule has 2 bridgehead atoms. The number of benzene rings is 1. The van der Waals surface area contributed by atoms with Crippen LogP contribution in [0.3, 0.4) is 0 Å². The molecule has 5 nitrogen and oxygen atoms in total. The fourth-order valence-corrected chi connectivity index (χ4v) is 6.13. The summed E-state index contributed by atoms with van der Waals surface area (Å²) < 4.78 is 14.2. The number of hydrogen-bond acceptors (Lipinski definition) is 4. The number of piperidine rings is 1. The first-order valence-corrected chi connectivity index (χ1v) is 12.8. The van der Waals surface area contributed by atoms with E-state index in [4.69, 9.17) is 9.47 Å². The normalized spacial score (nSPS) is 27.8. The Morgan fingerprint density at radius 2 is 1.81 bits per heavy atom. The lowest BCUT2D eigenvalue weighted by atomic mass is 9.99. The summed E-state index contributed by atoms with van der Waals surface area (Å²) in [6, 6.07) is 7.48. The van der Waals surface area contributed by atoms with Crippen molar-refractivity contribution in [3.63, 3.8) is 0 Å². The highest BCUT2D eigenvalue weighted by Gasteiger charge is 2.41. The molecule has 6 rings (SSSR count). The molecule has 2 saturated carbocycles. The number of hydrogen-bond donors (Lipinski definition) is 0. The van der Waals surface area contributed by atoms with E-state index in [-0.39, 0.29) is 5.92 Å². The Kier molecular flexibility index (Phi) is 5.50. The van der Waals surface area contributed by atoms with E-state index in [2.05, 4.69) is 21.7 Å². The molecule has 5 heteroatoms. The van der Waals surface area contributed by atoms with E-state index in [0.717, 1.165) is 67.1 Å². The fraction of sp³-hybridized carbons (Fsp3) is 0.667. The summed E-state index contributed by atoms with van der Waals surface area (Å²) in [6.45, 7) is 3.05. The molecule has 2 saturated heterocycles. The van der Waals surface area contributed by atoms with Crippen LogP contribution in [0.25, 0.3) is 10.9 Å². The zero-order chi connectivity index (χ0) is 21.7. The van der Waals surface area contributed by atoms with Gasteiger partial charge in [0.2, 0.25) is 0 Å². The molecule has 4 fully saturated rings. The van der Waals surface area contributed by atoms with Crippen molar-refractivity contribution < 1.29 is 14.3 Å². The SMILES string of the molecule is COc1cccc2c(C(=O)C3CC3)cn(CCCN3[C@@H]4CC[C@H]3CC(OCC3CC3)C4)c12. The highest BCUT2D eigenvalue weighted by Crippen LogP contribution is 2.39. The van der Waals surface area contributed by atoms with Crippen LogP contribution in [0.1, 0.15) is 68.1 Å².